The van der Waals surface area contributed by atoms with Crippen molar-refractivity contribution in [3.8, 4) is 0 Å². The highest BCUT2D eigenvalue weighted by molar-refractivity contribution is 7.07. The van der Waals surface area contributed by atoms with Crippen molar-refractivity contribution in [1.82, 2.24) is 4.90 Å². The number of thiophene rings is 1. The number of rotatable bonds is 3. The third kappa shape index (κ3) is 1.63. The minimum Gasteiger partial charge on any atom is -0.329 e. The van der Waals surface area contributed by atoms with Crippen LogP contribution in [-0.4, -0.2) is 24.0 Å². The van der Waals surface area contributed by atoms with Gasteiger partial charge in [0.2, 0.25) is 0 Å². The van der Waals surface area contributed by atoms with Gasteiger partial charge in [-0.25, -0.2) is 0 Å². The van der Waals surface area contributed by atoms with Crippen LogP contribution in [0.4, 0.5) is 0 Å². The average molecular weight is 222 g/mol. The zero-order chi connectivity index (χ0) is 10.3. The lowest BCUT2D eigenvalue weighted by Crippen LogP contribution is -2.39. The van der Waals surface area contributed by atoms with Crippen LogP contribution >= 0.6 is 11.3 Å². The zero-order valence-electron chi connectivity index (χ0n) is 8.93. The summed E-state index contributed by atoms with van der Waals surface area (Å²) in [6.07, 6.45) is 4.26. The van der Waals surface area contributed by atoms with Gasteiger partial charge in [-0.3, -0.25) is 4.90 Å². The summed E-state index contributed by atoms with van der Waals surface area (Å²) in [6.45, 7) is 2.04. The molecule has 3 atom stereocenters. The molecular formula is C12H18N2S. The van der Waals surface area contributed by atoms with Crippen molar-refractivity contribution in [1.29, 1.82) is 0 Å². The number of fused-ring (bicyclic) bond motifs is 2. The summed E-state index contributed by atoms with van der Waals surface area (Å²) in [7, 11) is 0. The monoisotopic (exact) mass is 222 g/mol. The first-order valence-electron chi connectivity index (χ1n) is 5.86. The third-order valence-electron chi connectivity index (χ3n) is 4.00. The highest BCUT2D eigenvalue weighted by Gasteiger charge is 2.40. The number of likely N-dealkylation sites (tertiary alicyclic amines) is 1. The summed E-state index contributed by atoms with van der Waals surface area (Å²) >= 11 is 1.78. The molecule has 0 amide bonds. The lowest BCUT2D eigenvalue weighted by molar-refractivity contribution is 0.153. The lowest BCUT2D eigenvalue weighted by atomic mass is 10.0. The van der Waals surface area contributed by atoms with E-state index in [1.165, 1.54) is 31.4 Å². The van der Waals surface area contributed by atoms with Crippen LogP contribution in [0, 0.1) is 5.92 Å². The number of piperidine rings is 1. The van der Waals surface area contributed by atoms with Gasteiger partial charge in [-0.1, -0.05) is 0 Å². The molecule has 0 spiro atoms. The normalized spacial score (nSPS) is 32.3. The zero-order valence-corrected chi connectivity index (χ0v) is 9.75. The highest BCUT2D eigenvalue weighted by atomic mass is 32.1. The van der Waals surface area contributed by atoms with Gasteiger partial charge >= 0.3 is 0 Å². The van der Waals surface area contributed by atoms with Crippen LogP contribution in [-0.2, 0) is 0 Å². The largest absolute Gasteiger partial charge is 0.329 e. The van der Waals surface area contributed by atoms with Crippen molar-refractivity contribution in [3.63, 3.8) is 0 Å². The molecule has 1 aromatic heterocycles. The summed E-state index contributed by atoms with van der Waals surface area (Å²) in [6, 6.07) is 3.53. The third-order valence-corrected chi connectivity index (χ3v) is 4.70. The average Bonchev–Trinajstić information content (AvgIpc) is 2.94. The molecule has 3 heteroatoms. The van der Waals surface area contributed by atoms with Crippen LogP contribution in [0.5, 0.6) is 0 Å². The van der Waals surface area contributed by atoms with Crippen LogP contribution in [0.1, 0.15) is 30.9 Å². The highest BCUT2D eigenvalue weighted by Crippen LogP contribution is 2.41. The molecule has 3 rings (SSSR count). The van der Waals surface area contributed by atoms with E-state index in [1.54, 1.807) is 11.3 Å². The second kappa shape index (κ2) is 3.89. The van der Waals surface area contributed by atoms with E-state index in [1.807, 2.05) is 0 Å². The summed E-state index contributed by atoms with van der Waals surface area (Å²) < 4.78 is 0. The fraction of sp³-hybridized carbons (Fsp3) is 0.667. The molecule has 82 valence electrons. The van der Waals surface area contributed by atoms with Gasteiger partial charge < -0.3 is 5.73 Å². The van der Waals surface area contributed by atoms with Crippen molar-refractivity contribution < 1.29 is 0 Å². The maximum Gasteiger partial charge on any atom is 0.0481 e. The molecule has 2 heterocycles. The smallest absolute Gasteiger partial charge is 0.0481 e. The Bertz CT molecular complexity index is 322. The maximum absolute atomic E-state index is 5.94. The molecule has 2 bridgehead atoms. The summed E-state index contributed by atoms with van der Waals surface area (Å²) in [4.78, 5) is 2.65. The van der Waals surface area contributed by atoms with Crippen LogP contribution in [0.25, 0.3) is 0 Å². The molecule has 15 heavy (non-hydrogen) atoms. The van der Waals surface area contributed by atoms with Gasteiger partial charge in [-0.05, 0) is 47.6 Å². The van der Waals surface area contributed by atoms with Gasteiger partial charge in [-0.15, -0.1) is 0 Å². The Morgan fingerprint density at radius 2 is 2.47 bits per heavy atom. The number of nitrogens with zero attached hydrogens (tertiary/aromatic N) is 1. The Kier molecular flexibility index (Phi) is 2.54. The lowest BCUT2D eigenvalue weighted by Gasteiger charge is -2.34. The van der Waals surface area contributed by atoms with Gasteiger partial charge in [0, 0.05) is 25.2 Å². The predicted octanol–water partition coefficient (Wildman–Crippen LogP) is 2.23. The molecule has 3 unspecified atom stereocenters. The quantitative estimate of drug-likeness (QED) is 0.850. The molecule has 0 radical (unpaired) electrons. The molecule has 1 aromatic rings. The fourth-order valence-electron chi connectivity index (χ4n) is 3.27. The van der Waals surface area contributed by atoms with E-state index < -0.39 is 0 Å². The summed E-state index contributed by atoms with van der Waals surface area (Å²) in [5, 5.41) is 4.41. The Morgan fingerprint density at radius 3 is 3.00 bits per heavy atom. The maximum atomic E-state index is 5.94. The van der Waals surface area contributed by atoms with E-state index in [0.29, 0.717) is 6.04 Å². The Hall–Kier alpha value is -0.380. The van der Waals surface area contributed by atoms with E-state index in [2.05, 4.69) is 21.7 Å². The second-order valence-corrected chi connectivity index (χ2v) is 5.62. The van der Waals surface area contributed by atoms with Crippen LogP contribution in [0.2, 0.25) is 0 Å². The van der Waals surface area contributed by atoms with Crippen molar-refractivity contribution in [2.24, 2.45) is 11.7 Å². The van der Waals surface area contributed by atoms with Gasteiger partial charge in [-0.2, -0.15) is 11.3 Å². The Balaban J connectivity index is 1.80. The topological polar surface area (TPSA) is 29.3 Å². The van der Waals surface area contributed by atoms with E-state index in [4.69, 9.17) is 5.73 Å². The molecular weight excluding hydrogens is 204 g/mol. The van der Waals surface area contributed by atoms with E-state index in [-0.39, 0.29) is 0 Å². The minimum atomic E-state index is 0.478. The molecule has 2 fully saturated rings. The summed E-state index contributed by atoms with van der Waals surface area (Å²) in [5.41, 5.74) is 7.36. The van der Waals surface area contributed by atoms with Crippen molar-refractivity contribution in [3.05, 3.63) is 22.4 Å². The van der Waals surface area contributed by atoms with Gasteiger partial charge in [0.1, 0.15) is 0 Å². The van der Waals surface area contributed by atoms with E-state index >= 15 is 0 Å². The molecule has 1 saturated heterocycles. The Labute approximate surface area is 95.1 Å². The van der Waals surface area contributed by atoms with E-state index in [9.17, 15) is 0 Å². The first-order valence-corrected chi connectivity index (χ1v) is 6.80. The number of hydrogen-bond acceptors (Lipinski definition) is 3. The molecule has 1 aliphatic carbocycles. The summed E-state index contributed by atoms with van der Waals surface area (Å²) in [5.74, 6) is 0.961. The van der Waals surface area contributed by atoms with E-state index in [0.717, 1.165) is 18.5 Å². The van der Waals surface area contributed by atoms with Gasteiger partial charge in [0.05, 0.1) is 0 Å². The molecule has 2 aliphatic rings. The number of nitrogens with two attached hydrogens (primary N) is 1. The minimum absolute atomic E-state index is 0.478. The first kappa shape index (κ1) is 9.82. The van der Waals surface area contributed by atoms with Gasteiger partial charge in [0.25, 0.3) is 0 Å². The van der Waals surface area contributed by atoms with Crippen molar-refractivity contribution >= 4 is 11.3 Å². The van der Waals surface area contributed by atoms with Gasteiger partial charge in [0.15, 0.2) is 0 Å². The van der Waals surface area contributed by atoms with Crippen molar-refractivity contribution in [2.45, 2.75) is 31.3 Å². The molecule has 0 aromatic carbocycles. The molecule has 2 nitrogen and oxygen atoms in total. The SMILES string of the molecule is NCC(c1ccsc1)N1CC2CCC1C2. The Morgan fingerprint density at radius 1 is 1.53 bits per heavy atom. The number of hydrogen-bond donors (Lipinski definition) is 1. The fourth-order valence-corrected chi connectivity index (χ4v) is 3.98. The predicted molar refractivity (Wildman–Crippen MR) is 63.9 cm³/mol. The second-order valence-electron chi connectivity index (χ2n) is 4.84. The first-order chi connectivity index (χ1) is 7.38. The van der Waals surface area contributed by atoms with Crippen LogP contribution in [0.15, 0.2) is 16.8 Å². The molecule has 2 N–H and O–H groups in total. The van der Waals surface area contributed by atoms with Crippen LogP contribution in [0.3, 0.4) is 0 Å². The molecule has 1 saturated carbocycles. The van der Waals surface area contributed by atoms with Crippen LogP contribution < -0.4 is 5.73 Å². The molecule has 1 aliphatic heterocycles. The standard InChI is InChI=1S/C12H18N2S/c13-6-12(10-3-4-15-8-10)14-7-9-1-2-11(14)5-9/h3-4,8-9,11-12H,1-2,5-7,13H2. The van der Waals surface area contributed by atoms with Crippen molar-refractivity contribution in [2.75, 3.05) is 13.1 Å².